The standard InChI is InChI=1S/C16H16ClNO2/c1-10-4-5-11(2)14(8-10)18-16(19)20-15-7-6-13(17)9-12(15)3/h4-9H,1-3H3,(H,18,19). The van der Waals surface area contributed by atoms with Crippen molar-refractivity contribution in [3.63, 3.8) is 0 Å². The van der Waals surface area contributed by atoms with Gasteiger partial charge in [0, 0.05) is 10.7 Å². The molecular formula is C16H16ClNO2. The maximum Gasteiger partial charge on any atom is 0.417 e. The van der Waals surface area contributed by atoms with Gasteiger partial charge in [0.05, 0.1) is 0 Å². The minimum absolute atomic E-state index is 0.497. The number of carbonyl (C=O) groups is 1. The van der Waals surface area contributed by atoms with Crippen LogP contribution >= 0.6 is 11.6 Å². The quantitative estimate of drug-likeness (QED) is 0.856. The molecule has 20 heavy (non-hydrogen) atoms. The molecule has 1 amide bonds. The van der Waals surface area contributed by atoms with E-state index in [1.54, 1.807) is 18.2 Å². The number of nitrogens with one attached hydrogen (secondary N) is 1. The SMILES string of the molecule is Cc1ccc(C)c(NC(=O)Oc2ccc(Cl)cc2C)c1. The lowest BCUT2D eigenvalue weighted by molar-refractivity contribution is 0.215. The predicted molar refractivity (Wildman–Crippen MR) is 81.8 cm³/mol. The summed E-state index contributed by atoms with van der Waals surface area (Å²) < 4.78 is 5.29. The number of rotatable bonds is 2. The molecule has 0 saturated carbocycles. The van der Waals surface area contributed by atoms with Gasteiger partial charge in [-0.2, -0.15) is 0 Å². The van der Waals surface area contributed by atoms with E-state index in [1.807, 2.05) is 39.0 Å². The Morgan fingerprint density at radius 2 is 1.80 bits per heavy atom. The normalized spacial score (nSPS) is 10.2. The Morgan fingerprint density at radius 1 is 1.05 bits per heavy atom. The molecule has 0 radical (unpaired) electrons. The van der Waals surface area contributed by atoms with Crippen LogP contribution in [0.4, 0.5) is 10.5 Å². The molecule has 2 aromatic carbocycles. The van der Waals surface area contributed by atoms with Gasteiger partial charge in [0.15, 0.2) is 0 Å². The summed E-state index contributed by atoms with van der Waals surface area (Å²) in [6, 6.07) is 11.0. The molecule has 0 unspecified atom stereocenters. The fourth-order valence-corrected chi connectivity index (χ4v) is 2.06. The molecule has 0 fully saturated rings. The fraction of sp³-hybridized carbons (Fsp3) is 0.188. The Balaban J connectivity index is 2.11. The lowest BCUT2D eigenvalue weighted by atomic mass is 10.1. The van der Waals surface area contributed by atoms with E-state index in [-0.39, 0.29) is 0 Å². The largest absolute Gasteiger partial charge is 0.417 e. The van der Waals surface area contributed by atoms with Gasteiger partial charge < -0.3 is 4.74 Å². The summed E-state index contributed by atoms with van der Waals surface area (Å²) in [5.74, 6) is 0.497. The third-order valence-corrected chi connectivity index (χ3v) is 3.20. The second-order valence-electron chi connectivity index (χ2n) is 4.74. The minimum Gasteiger partial charge on any atom is -0.410 e. The van der Waals surface area contributed by atoms with Crippen molar-refractivity contribution >= 4 is 23.4 Å². The molecule has 2 rings (SSSR count). The highest BCUT2D eigenvalue weighted by Crippen LogP contribution is 2.23. The van der Waals surface area contributed by atoms with Crippen molar-refractivity contribution in [3.05, 3.63) is 58.1 Å². The molecule has 0 heterocycles. The molecular weight excluding hydrogens is 274 g/mol. The van der Waals surface area contributed by atoms with Crippen LogP contribution in [-0.4, -0.2) is 6.09 Å². The third kappa shape index (κ3) is 3.52. The number of benzene rings is 2. The van der Waals surface area contributed by atoms with Gasteiger partial charge in [-0.05, 0) is 61.7 Å². The van der Waals surface area contributed by atoms with Crippen LogP contribution < -0.4 is 10.1 Å². The van der Waals surface area contributed by atoms with Gasteiger partial charge in [-0.1, -0.05) is 23.7 Å². The second-order valence-corrected chi connectivity index (χ2v) is 5.18. The number of hydrogen-bond acceptors (Lipinski definition) is 2. The molecule has 0 bridgehead atoms. The topological polar surface area (TPSA) is 38.3 Å². The Bertz CT molecular complexity index is 653. The monoisotopic (exact) mass is 289 g/mol. The fourth-order valence-electron chi connectivity index (χ4n) is 1.83. The Kier molecular flexibility index (Phi) is 4.30. The summed E-state index contributed by atoms with van der Waals surface area (Å²) in [6.07, 6.45) is -0.510. The molecule has 1 N–H and O–H groups in total. The second kappa shape index (κ2) is 5.97. The molecule has 3 nitrogen and oxygen atoms in total. The summed E-state index contributed by atoms with van der Waals surface area (Å²) in [5.41, 5.74) is 3.63. The molecule has 0 atom stereocenters. The average Bonchev–Trinajstić information content (AvgIpc) is 2.37. The van der Waals surface area contributed by atoms with Crippen LogP contribution in [0.3, 0.4) is 0 Å². The molecule has 0 spiro atoms. The zero-order chi connectivity index (χ0) is 14.7. The van der Waals surface area contributed by atoms with E-state index in [0.717, 1.165) is 22.4 Å². The van der Waals surface area contributed by atoms with Crippen LogP contribution in [0.15, 0.2) is 36.4 Å². The van der Waals surface area contributed by atoms with Crippen LogP contribution in [0.25, 0.3) is 0 Å². The summed E-state index contributed by atoms with van der Waals surface area (Å²) in [7, 11) is 0. The van der Waals surface area contributed by atoms with Gasteiger partial charge in [0.2, 0.25) is 0 Å². The Hall–Kier alpha value is -2.00. The van der Waals surface area contributed by atoms with E-state index in [9.17, 15) is 4.79 Å². The van der Waals surface area contributed by atoms with Crippen LogP contribution in [0.2, 0.25) is 5.02 Å². The van der Waals surface area contributed by atoms with E-state index in [1.165, 1.54) is 0 Å². The highest BCUT2D eigenvalue weighted by molar-refractivity contribution is 6.30. The van der Waals surface area contributed by atoms with Crippen molar-refractivity contribution < 1.29 is 9.53 Å². The van der Waals surface area contributed by atoms with Crippen LogP contribution in [0, 0.1) is 20.8 Å². The summed E-state index contributed by atoms with van der Waals surface area (Å²) in [4.78, 5) is 11.9. The number of carbonyl (C=O) groups excluding carboxylic acids is 1. The van der Waals surface area contributed by atoms with Gasteiger partial charge in [0.25, 0.3) is 0 Å². The van der Waals surface area contributed by atoms with E-state index in [0.29, 0.717) is 10.8 Å². The molecule has 4 heteroatoms. The number of hydrogen-bond donors (Lipinski definition) is 1. The molecule has 104 valence electrons. The average molecular weight is 290 g/mol. The highest BCUT2D eigenvalue weighted by Gasteiger charge is 2.09. The number of halogens is 1. The smallest absolute Gasteiger partial charge is 0.410 e. The zero-order valence-electron chi connectivity index (χ0n) is 11.7. The van der Waals surface area contributed by atoms with E-state index in [4.69, 9.17) is 16.3 Å². The molecule has 0 aliphatic carbocycles. The first kappa shape index (κ1) is 14.4. The predicted octanol–water partition coefficient (Wildman–Crippen LogP) is 4.88. The van der Waals surface area contributed by atoms with Gasteiger partial charge >= 0.3 is 6.09 Å². The van der Waals surface area contributed by atoms with Gasteiger partial charge in [0.1, 0.15) is 5.75 Å². The lowest BCUT2D eigenvalue weighted by Gasteiger charge is -2.11. The lowest BCUT2D eigenvalue weighted by Crippen LogP contribution is -2.17. The molecule has 0 saturated heterocycles. The van der Waals surface area contributed by atoms with E-state index >= 15 is 0 Å². The van der Waals surface area contributed by atoms with Crippen molar-refractivity contribution in [1.29, 1.82) is 0 Å². The van der Waals surface area contributed by atoms with Crippen LogP contribution in [0.5, 0.6) is 5.75 Å². The van der Waals surface area contributed by atoms with Crippen molar-refractivity contribution in [3.8, 4) is 5.75 Å². The number of amides is 1. The first-order valence-corrected chi connectivity index (χ1v) is 6.66. The Morgan fingerprint density at radius 3 is 2.50 bits per heavy atom. The van der Waals surface area contributed by atoms with Gasteiger partial charge in [-0.25, -0.2) is 4.79 Å². The molecule has 0 aliphatic rings. The van der Waals surface area contributed by atoms with Crippen LogP contribution in [-0.2, 0) is 0 Å². The maximum atomic E-state index is 11.9. The summed E-state index contributed by atoms with van der Waals surface area (Å²) in [5, 5.41) is 3.36. The Labute approximate surface area is 123 Å². The van der Waals surface area contributed by atoms with Crippen molar-refractivity contribution in [2.24, 2.45) is 0 Å². The maximum absolute atomic E-state index is 11.9. The first-order chi connectivity index (χ1) is 9.45. The summed E-state index contributed by atoms with van der Waals surface area (Å²) in [6.45, 7) is 5.74. The zero-order valence-corrected chi connectivity index (χ0v) is 12.4. The van der Waals surface area contributed by atoms with Crippen molar-refractivity contribution in [2.45, 2.75) is 20.8 Å². The summed E-state index contributed by atoms with van der Waals surface area (Å²) >= 11 is 5.87. The third-order valence-electron chi connectivity index (χ3n) is 2.97. The molecule has 2 aromatic rings. The van der Waals surface area contributed by atoms with Crippen molar-refractivity contribution in [2.75, 3.05) is 5.32 Å². The number of aryl methyl sites for hydroxylation is 3. The van der Waals surface area contributed by atoms with Gasteiger partial charge in [-0.15, -0.1) is 0 Å². The van der Waals surface area contributed by atoms with Crippen LogP contribution in [0.1, 0.15) is 16.7 Å². The highest BCUT2D eigenvalue weighted by atomic mass is 35.5. The van der Waals surface area contributed by atoms with E-state index in [2.05, 4.69) is 5.32 Å². The van der Waals surface area contributed by atoms with Crippen molar-refractivity contribution in [1.82, 2.24) is 0 Å². The van der Waals surface area contributed by atoms with Gasteiger partial charge in [-0.3, -0.25) is 5.32 Å². The minimum atomic E-state index is -0.510. The van der Waals surface area contributed by atoms with E-state index < -0.39 is 6.09 Å². The molecule has 0 aromatic heterocycles. The number of ether oxygens (including phenoxy) is 1. The number of anilines is 1. The first-order valence-electron chi connectivity index (χ1n) is 6.28. The molecule has 0 aliphatic heterocycles.